The molecule has 0 radical (unpaired) electrons. The van der Waals surface area contributed by atoms with E-state index in [-0.39, 0.29) is 5.75 Å². The van der Waals surface area contributed by atoms with Crippen molar-refractivity contribution in [1.82, 2.24) is 0 Å². The molecule has 0 aromatic heterocycles. The maximum Gasteiger partial charge on any atom is 0.358 e. The molecule has 0 amide bonds. The Labute approximate surface area is 227 Å². The Morgan fingerprint density at radius 1 is 0.895 bits per heavy atom. The predicted molar refractivity (Wildman–Crippen MR) is 146 cm³/mol. The molecule has 0 saturated carbocycles. The molecule has 0 N–H and O–H groups in total. The second-order valence-corrected chi connectivity index (χ2v) is 16.0. The van der Waals surface area contributed by atoms with Crippen LogP contribution in [-0.4, -0.2) is 38.3 Å². The van der Waals surface area contributed by atoms with Crippen molar-refractivity contribution in [1.29, 1.82) is 0 Å². The number of para-hydroxylation sites is 1. The average molecular weight is 579 g/mol. The van der Waals surface area contributed by atoms with E-state index in [0.717, 1.165) is 10.4 Å². The van der Waals surface area contributed by atoms with Crippen LogP contribution in [0.5, 0.6) is 5.75 Å². The molecule has 3 aromatic carbocycles. The van der Waals surface area contributed by atoms with Gasteiger partial charge in [0, 0.05) is 18.4 Å². The standard InChI is InChI=1S/C27H31F2O6PSSi/c1-26(2,3)38(22-15-9-5-10-16-22,23-17-11-6-12-18-23)33-19-24(27(28,29)20-36(30,31)32)35-25(37)34-21-13-7-4-8-14-21/h4-18,24H,19-20H2,1-3H3,(H2,30,31,32)/p-2. The maximum absolute atomic E-state index is 15.3. The molecule has 0 aliphatic heterocycles. The minimum Gasteiger partial charge on any atom is -0.811 e. The van der Waals surface area contributed by atoms with Crippen LogP contribution in [0.4, 0.5) is 8.78 Å². The van der Waals surface area contributed by atoms with Gasteiger partial charge in [0.1, 0.15) is 5.75 Å². The molecule has 0 saturated heterocycles. The lowest BCUT2D eigenvalue weighted by Gasteiger charge is -2.44. The van der Waals surface area contributed by atoms with E-state index in [4.69, 9.17) is 26.1 Å². The summed E-state index contributed by atoms with van der Waals surface area (Å²) in [5.41, 5.74) is 0. The van der Waals surface area contributed by atoms with E-state index in [1.165, 1.54) is 0 Å². The summed E-state index contributed by atoms with van der Waals surface area (Å²) < 4.78 is 59.1. The van der Waals surface area contributed by atoms with Crippen molar-refractivity contribution in [2.45, 2.75) is 37.8 Å². The van der Waals surface area contributed by atoms with Crippen LogP contribution in [0.15, 0.2) is 91.0 Å². The molecule has 1 unspecified atom stereocenters. The number of hydrogen-bond donors (Lipinski definition) is 0. The Morgan fingerprint density at radius 3 is 1.76 bits per heavy atom. The summed E-state index contributed by atoms with van der Waals surface area (Å²) in [4.78, 5) is 22.7. The van der Waals surface area contributed by atoms with E-state index in [0.29, 0.717) is 0 Å². The molecule has 6 nitrogen and oxygen atoms in total. The predicted octanol–water partition coefficient (Wildman–Crippen LogP) is 3.86. The lowest BCUT2D eigenvalue weighted by molar-refractivity contribution is -0.317. The lowest BCUT2D eigenvalue weighted by Crippen LogP contribution is -2.67. The zero-order valence-electron chi connectivity index (χ0n) is 21.2. The molecule has 0 fully saturated rings. The van der Waals surface area contributed by atoms with Gasteiger partial charge in [-0.1, -0.05) is 107 Å². The highest BCUT2D eigenvalue weighted by Gasteiger charge is 2.52. The van der Waals surface area contributed by atoms with Crippen LogP contribution in [0, 0.1) is 0 Å². The molecule has 0 aliphatic carbocycles. The Hall–Kier alpha value is -2.46. The summed E-state index contributed by atoms with van der Waals surface area (Å²) in [6, 6.07) is 26.7. The van der Waals surface area contributed by atoms with Gasteiger partial charge in [0.2, 0.25) is 0 Å². The van der Waals surface area contributed by atoms with Crippen LogP contribution < -0.4 is 24.9 Å². The smallest absolute Gasteiger partial charge is 0.358 e. The van der Waals surface area contributed by atoms with Gasteiger partial charge in [-0.2, -0.15) is 0 Å². The molecule has 3 aromatic rings. The topological polar surface area (TPSA) is 90.9 Å². The number of benzene rings is 3. The third-order valence-corrected chi connectivity index (χ3v) is 11.9. The quantitative estimate of drug-likeness (QED) is 0.205. The van der Waals surface area contributed by atoms with E-state index >= 15 is 8.78 Å². The normalized spacial score (nSPS) is 13.6. The SMILES string of the molecule is CC(C)(C)[Si](OCC(OC(=S)Oc1ccccc1)C(F)(F)CP(=O)([O-])[O-])(c1ccccc1)c1ccccc1. The van der Waals surface area contributed by atoms with Gasteiger partial charge in [-0.15, -0.1) is 0 Å². The van der Waals surface area contributed by atoms with Gasteiger partial charge in [0.05, 0.1) is 6.61 Å². The summed E-state index contributed by atoms with van der Waals surface area (Å²) in [5.74, 6) is -3.88. The van der Waals surface area contributed by atoms with Gasteiger partial charge in [0.15, 0.2) is 6.10 Å². The second-order valence-electron chi connectivity index (χ2n) is 9.78. The second kappa shape index (κ2) is 12.2. The molecule has 0 spiro atoms. The van der Waals surface area contributed by atoms with Crippen molar-refractivity contribution in [3.8, 4) is 5.75 Å². The molecule has 11 heteroatoms. The van der Waals surface area contributed by atoms with Crippen LogP contribution in [0.3, 0.4) is 0 Å². The Morgan fingerprint density at radius 2 is 1.34 bits per heavy atom. The minimum absolute atomic E-state index is 0.241. The van der Waals surface area contributed by atoms with Crippen LogP contribution >= 0.6 is 19.8 Å². The summed E-state index contributed by atoms with van der Waals surface area (Å²) in [6.45, 7) is 5.12. The third-order valence-electron chi connectivity index (χ3n) is 5.93. The van der Waals surface area contributed by atoms with E-state index in [1.807, 2.05) is 81.4 Å². The van der Waals surface area contributed by atoms with Gasteiger partial charge in [0.25, 0.3) is 14.2 Å². The number of hydrogen-bond acceptors (Lipinski definition) is 7. The van der Waals surface area contributed by atoms with Crippen molar-refractivity contribution in [3.05, 3.63) is 91.0 Å². The molecule has 0 bridgehead atoms. The zero-order chi connectivity index (χ0) is 28.0. The number of alkyl halides is 2. The van der Waals surface area contributed by atoms with Crippen molar-refractivity contribution in [2.75, 3.05) is 12.8 Å². The zero-order valence-corrected chi connectivity index (χ0v) is 23.9. The first-order chi connectivity index (χ1) is 17.7. The van der Waals surface area contributed by atoms with Gasteiger partial charge in [-0.25, -0.2) is 8.78 Å². The maximum atomic E-state index is 15.3. The number of rotatable bonds is 10. The Kier molecular flexibility index (Phi) is 9.62. The van der Waals surface area contributed by atoms with E-state index in [9.17, 15) is 14.4 Å². The highest BCUT2D eigenvalue weighted by molar-refractivity contribution is 7.79. The first kappa shape index (κ1) is 30.1. The van der Waals surface area contributed by atoms with E-state index < -0.39 is 51.0 Å². The van der Waals surface area contributed by atoms with Crippen molar-refractivity contribution >= 4 is 43.7 Å². The highest BCUT2D eigenvalue weighted by Crippen LogP contribution is 2.39. The van der Waals surface area contributed by atoms with Gasteiger partial charge in [-0.05, 0) is 27.5 Å². The fourth-order valence-electron chi connectivity index (χ4n) is 4.29. The van der Waals surface area contributed by atoms with Crippen molar-refractivity contribution in [2.24, 2.45) is 0 Å². The summed E-state index contributed by atoms with van der Waals surface area (Å²) in [5, 5.41) is 0.436. The van der Waals surface area contributed by atoms with Gasteiger partial charge >= 0.3 is 5.24 Å². The largest absolute Gasteiger partial charge is 0.811 e. The monoisotopic (exact) mass is 578 g/mol. The Balaban J connectivity index is 2.02. The lowest BCUT2D eigenvalue weighted by atomic mass is 10.2. The van der Waals surface area contributed by atoms with Crippen LogP contribution in [0.25, 0.3) is 0 Å². The molecule has 3 rings (SSSR count). The van der Waals surface area contributed by atoms with Crippen LogP contribution in [0.1, 0.15) is 20.8 Å². The molecule has 1 atom stereocenters. The summed E-state index contributed by atoms with van der Waals surface area (Å²) in [7, 11) is -8.92. The molecule has 0 aliphatic rings. The molecule has 0 heterocycles. The molecule has 204 valence electrons. The third kappa shape index (κ3) is 7.56. The van der Waals surface area contributed by atoms with Crippen molar-refractivity contribution < 1.29 is 37.0 Å². The first-order valence-corrected chi connectivity index (χ1v) is 15.9. The molecular weight excluding hydrogens is 549 g/mol. The number of ether oxygens (including phenoxy) is 2. The van der Waals surface area contributed by atoms with Crippen molar-refractivity contribution in [3.63, 3.8) is 0 Å². The van der Waals surface area contributed by atoms with Crippen LogP contribution in [-0.2, 0) is 13.7 Å². The summed E-state index contributed by atoms with van der Waals surface area (Å²) in [6.07, 6.45) is -4.17. The average Bonchev–Trinajstić information content (AvgIpc) is 2.83. The van der Waals surface area contributed by atoms with Crippen LogP contribution in [0.2, 0.25) is 5.04 Å². The first-order valence-electron chi connectivity index (χ1n) is 11.8. The van der Waals surface area contributed by atoms with Gasteiger partial charge < -0.3 is 28.3 Å². The summed E-state index contributed by atoms with van der Waals surface area (Å²) >= 11 is 5.04. The number of thiocarbonyl (C=S) groups is 1. The fraction of sp³-hybridized carbons (Fsp3) is 0.296. The Bertz CT molecular complexity index is 1200. The number of halogens is 2. The molecule has 38 heavy (non-hydrogen) atoms. The molecular formula is C27H29F2O6PSSi-2. The fourth-order valence-corrected chi connectivity index (χ4v) is 9.78. The minimum atomic E-state index is -5.62. The van der Waals surface area contributed by atoms with E-state index in [1.54, 1.807) is 30.3 Å². The highest BCUT2D eigenvalue weighted by atomic mass is 32.1. The van der Waals surface area contributed by atoms with E-state index in [2.05, 4.69) is 0 Å². The van der Waals surface area contributed by atoms with Gasteiger partial charge in [-0.3, -0.25) is 0 Å².